The van der Waals surface area contributed by atoms with Gasteiger partial charge in [0.1, 0.15) is 5.71 Å². The van der Waals surface area contributed by atoms with E-state index in [1.807, 2.05) is 24.3 Å². The Kier molecular flexibility index (Phi) is 4.19. The minimum Gasteiger partial charge on any atom is -0.325 e. The van der Waals surface area contributed by atoms with E-state index in [9.17, 15) is 14.4 Å². The summed E-state index contributed by atoms with van der Waals surface area (Å²) in [7, 11) is 0. The third-order valence-corrected chi connectivity index (χ3v) is 5.87. The summed E-state index contributed by atoms with van der Waals surface area (Å²) in [5.41, 5.74) is 2.94. The molecule has 0 spiro atoms. The number of hydrogen-bond donors (Lipinski definition) is 2. The van der Waals surface area contributed by atoms with Gasteiger partial charge in [0.15, 0.2) is 12.0 Å². The molecule has 160 valence electrons. The first-order valence-corrected chi connectivity index (χ1v) is 10.5. The highest BCUT2D eigenvalue weighted by atomic mass is 16.2. The molecule has 6 rings (SSSR count). The Bertz CT molecular complexity index is 1570. The van der Waals surface area contributed by atoms with Gasteiger partial charge >= 0.3 is 0 Å². The van der Waals surface area contributed by atoms with E-state index in [1.165, 1.54) is 4.57 Å². The van der Waals surface area contributed by atoms with E-state index in [4.69, 9.17) is 0 Å². The number of fused-ring (bicyclic) bond motifs is 5. The van der Waals surface area contributed by atoms with Crippen LogP contribution in [0.4, 0.5) is 5.69 Å². The molecule has 0 saturated heterocycles. The molecule has 0 unspecified atom stereocenters. The van der Waals surface area contributed by atoms with Crippen molar-refractivity contribution in [3.63, 3.8) is 0 Å². The summed E-state index contributed by atoms with van der Waals surface area (Å²) in [6.07, 6.45) is -0.637. The maximum Gasteiger partial charge on any atom is 0.267 e. The zero-order valence-corrected chi connectivity index (χ0v) is 17.3. The number of rotatable bonds is 2. The summed E-state index contributed by atoms with van der Waals surface area (Å²) >= 11 is 0. The van der Waals surface area contributed by atoms with Gasteiger partial charge in [0.2, 0.25) is 0 Å². The number of benzene rings is 3. The van der Waals surface area contributed by atoms with Crippen LogP contribution in [-0.2, 0) is 11.2 Å². The maximum atomic E-state index is 13.5. The molecule has 0 fully saturated rings. The van der Waals surface area contributed by atoms with E-state index in [0.717, 1.165) is 11.3 Å². The first-order chi connectivity index (χ1) is 16.1. The molecule has 0 radical (unpaired) electrons. The van der Waals surface area contributed by atoms with Gasteiger partial charge in [0.05, 0.1) is 27.8 Å². The van der Waals surface area contributed by atoms with Crippen molar-refractivity contribution < 1.29 is 9.59 Å². The highest BCUT2D eigenvalue weighted by molar-refractivity contribution is 6.41. The number of nitrogens with zero attached hydrogens (tertiary/aromatic N) is 3. The topological polar surface area (TPSA) is 105 Å². The molecule has 2 N–H and O–H groups in total. The van der Waals surface area contributed by atoms with Gasteiger partial charge < -0.3 is 10.6 Å². The SMILES string of the molecule is O=C(N[C@@H]1NC(=O)c2ccccc2-n2c1nc1ccccc1c2=O)C1=Nc2ccccc2C1. The molecule has 3 heterocycles. The molecule has 1 atom stereocenters. The summed E-state index contributed by atoms with van der Waals surface area (Å²) in [6.45, 7) is 0. The fourth-order valence-corrected chi connectivity index (χ4v) is 4.29. The average molecular weight is 435 g/mol. The number of para-hydroxylation sites is 3. The number of aromatic nitrogens is 2. The Balaban J connectivity index is 1.48. The van der Waals surface area contributed by atoms with Gasteiger partial charge in [-0.1, -0.05) is 42.5 Å². The lowest BCUT2D eigenvalue weighted by Gasteiger charge is -2.20. The van der Waals surface area contributed by atoms with E-state index >= 15 is 0 Å². The summed E-state index contributed by atoms with van der Waals surface area (Å²) < 4.78 is 1.39. The maximum absolute atomic E-state index is 13.5. The molecule has 0 bridgehead atoms. The van der Waals surface area contributed by atoms with Crippen LogP contribution in [0.5, 0.6) is 0 Å². The minimum absolute atomic E-state index is 0.224. The second-order valence-electron chi connectivity index (χ2n) is 7.89. The van der Waals surface area contributed by atoms with Crippen LogP contribution in [0.2, 0.25) is 0 Å². The number of amides is 2. The number of hydrogen-bond acceptors (Lipinski definition) is 5. The summed E-state index contributed by atoms with van der Waals surface area (Å²) in [6, 6.07) is 21.3. The number of aliphatic imine (C=N–C) groups is 1. The Hall–Kier alpha value is -4.59. The van der Waals surface area contributed by atoms with E-state index in [1.54, 1.807) is 48.5 Å². The third-order valence-electron chi connectivity index (χ3n) is 5.87. The largest absolute Gasteiger partial charge is 0.325 e. The predicted molar refractivity (Wildman–Crippen MR) is 123 cm³/mol. The highest BCUT2D eigenvalue weighted by Gasteiger charge is 2.32. The van der Waals surface area contributed by atoms with Crippen LogP contribution in [0.25, 0.3) is 16.6 Å². The van der Waals surface area contributed by atoms with Gasteiger partial charge in [0.25, 0.3) is 17.4 Å². The molecule has 0 saturated carbocycles. The van der Waals surface area contributed by atoms with Crippen molar-refractivity contribution >= 4 is 34.1 Å². The van der Waals surface area contributed by atoms with E-state index in [2.05, 4.69) is 20.6 Å². The standard InChI is InChI=1S/C25H17N5O3/c31-23-16-9-3-6-12-20(16)30-22(27-18-11-5-2-8-15(18)25(30)33)21(28-23)29-24(32)19-13-14-7-1-4-10-17(14)26-19/h1-12,21H,13H2,(H,28,31)(H,29,32)/t21-/m0/s1. The van der Waals surface area contributed by atoms with Gasteiger partial charge in [-0.25, -0.2) is 9.98 Å². The molecule has 2 aliphatic heterocycles. The van der Waals surface area contributed by atoms with E-state index in [0.29, 0.717) is 34.3 Å². The van der Waals surface area contributed by atoms with Gasteiger partial charge in [-0.3, -0.25) is 19.0 Å². The lowest BCUT2D eigenvalue weighted by atomic mass is 10.1. The minimum atomic E-state index is -1.03. The smallest absolute Gasteiger partial charge is 0.267 e. The molecule has 4 aromatic rings. The number of nitrogens with one attached hydrogen (secondary N) is 2. The van der Waals surface area contributed by atoms with Crippen LogP contribution in [0, 0.1) is 0 Å². The van der Waals surface area contributed by atoms with Crippen LogP contribution < -0.4 is 16.2 Å². The Labute approximate surface area is 187 Å². The van der Waals surface area contributed by atoms with Crippen LogP contribution >= 0.6 is 0 Å². The van der Waals surface area contributed by atoms with Crippen molar-refractivity contribution in [3.8, 4) is 5.69 Å². The fraction of sp³-hybridized carbons (Fsp3) is 0.0800. The van der Waals surface area contributed by atoms with Gasteiger partial charge in [-0.15, -0.1) is 0 Å². The molecular formula is C25H17N5O3. The third kappa shape index (κ3) is 3.03. The molecule has 2 amide bonds. The predicted octanol–water partition coefficient (Wildman–Crippen LogP) is 2.57. The molecule has 8 nitrogen and oxygen atoms in total. The van der Waals surface area contributed by atoms with E-state index < -0.39 is 18.0 Å². The summed E-state index contributed by atoms with van der Waals surface area (Å²) in [5.74, 6) is -0.626. The Morgan fingerprint density at radius 2 is 1.73 bits per heavy atom. The Morgan fingerprint density at radius 1 is 0.970 bits per heavy atom. The molecule has 1 aromatic heterocycles. The molecule has 0 aliphatic carbocycles. The molecule has 2 aliphatic rings. The number of carbonyl (C=O) groups excluding carboxylic acids is 2. The highest BCUT2D eigenvalue weighted by Crippen LogP contribution is 2.27. The molecule has 33 heavy (non-hydrogen) atoms. The fourth-order valence-electron chi connectivity index (χ4n) is 4.29. The normalized spacial score (nSPS) is 16.2. The van der Waals surface area contributed by atoms with Crippen LogP contribution in [0.1, 0.15) is 27.9 Å². The van der Waals surface area contributed by atoms with Crippen LogP contribution in [0.3, 0.4) is 0 Å². The van der Waals surface area contributed by atoms with Gasteiger partial charge in [-0.05, 0) is 35.9 Å². The second kappa shape index (κ2) is 7.23. The van der Waals surface area contributed by atoms with Crippen molar-refractivity contribution in [1.82, 2.24) is 20.2 Å². The molecule has 8 heteroatoms. The summed E-state index contributed by atoms with van der Waals surface area (Å²) in [4.78, 5) is 48.7. The monoisotopic (exact) mass is 435 g/mol. The van der Waals surface area contributed by atoms with E-state index in [-0.39, 0.29) is 11.4 Å². The van der Waals surface area contributed by atoms with Crippen molar-refractivity contribution in [2.24, 2.45) is 4.99 Å². The van der Waals surface area contributed by atoms with Crippen LogP contribution in [-0.4, -0.2) is 27.1 Å². The molecule has 3 aromatic carbocycles. The number of carbonyl (C=O) groups is 2. The second-order valence-corrected chi connectivity index (χ2v) is 7.89. The average Bonchev–Trinajstić information content (AvgIpc) is 3.24. The van der Waals surface area contributed by atoms with Gasteiger partial charge in [-0.2, -0.15) is 0 Å². The molecular weight excluding hydrogens is 418 g/mol. The zero-order chi connectivity index (χ0) is 22.5. The van der Waals surface area contributed by atoms with Crippen molar-refractivity contribution in [2.75, 3.05) is 0 Å². The quantitative estimate of drug-likeness (QED) is 0.505. The van der Waals surface area contributed by atoms with Crippen molar-refractivity contribution in [3.05, 3.63) is 100 Å². The lowest BCUT2D eigenvalue weighted by Crippen LogP contribution is -2.44. The van der Waals surface area contributed by atoms with Gasteiger partial charge in [0, 0.05) is 6.42 Å². The van der Waals surface area contributed by atoms with Crippen LogP contribution in [0.15, 0.2) is 82.6 Å². The Morgan fingerprint density at radius 3 is 2.61 bits per heavy atom. The van der Waals surface area contributed by atoms with Crippen molar-refractivity contribution in [2.45, 2.75) is 12.6 Å². The lowest BCUT2D eigenvalue weighted by molar-refractivity contribution is -0.115. The first-order valence-electron chi connectivity index (χ1n) is 10.5. The van der Waals surface area contributed by atoms with Crippen molar-refractivity contribution in [1.29, 1.82) is 0 Å². The zero-order valence-electron chi connectivity index (χ0n) is 17.3. The first kappa shape index (κ1) is 19.1. The summed E-state index contributed by atoms with van der Waals surface area (Å²) in [5, 5.41) is 6.06.